The van der Waals surface area contributed by atoms with Crippen LogP contribution < -0.4 is 5.32 Å². The van der Waals surface area contributed by atoms with Gasteiger partial charge in [-0.2, -0.15) is 0 Å². The van der Waals surface area contributed by atoms with Crippen LogP contribution in [0.5, 0.6) is 0 Å². The molecule has 0 amide bonds. The molecule has 0 radical (unpaired) electrons. The minimum absolute atomic E-state index is 0.159. The summed E-state index contributed by atoms with van der Waals surface area (Å²) in [5.74, 6) is -0.186. The molecular formula is C17H19ClFN. The quantitative estimate of drug-likeness (QED) is 0.837. The predicted octanol–water partition coefficient (Wildman–Crippen LogP) is 4.76. The average Bonchev–Trinajstić information content (AvgIpc) is 2.38. The Bertz CT molecular complexity index is 570. The van der Waals surface area contributed by atoms with Gasteiger partial charge in [-0.3, -0.25) is 0 Å². The molecule has 2 rings (SSSR count). The van der Waals surface area contributed by atoms with Crippen LogP contribution >= 0.6 is 11.6 Å². The van der Waals surface area contributed by atoms with Crippen molar-refractivity contribution in [1.29, 1.82) is 0 Å². The highest BCUT2D eigenvalue weighted by atomic mass is 35.5. The molecule has 3 heteroatoms. The van der Waals surface area contributed by atoms with Crippen LogP contribution in [0.15, 0.2) is 48.5 Å². The summed E-state index contributed by atoms with van der Waals surface area (Å²) in [5.41, 5.74) is 2.08. The van der Waals surface area contributed by atoms with Crippen molar-refractivity contribution >= 4 is 11.6 Å². The maximum atomic E-state index is 13.2. The van der Waals surface area contributed by atoms with Crippen molar-refractivity contribution in [2.45, 2.75) is 32.4 Å². The van der Waals surface area contributed by atoms with E-state index in [9.17, 15) is 4.39 Å². The molecule has 2 unspecified atom stereocenters. The number of halogens is 2. The molecule has 2 aromatic rings. The maximum absolute atomic E-state index is 13.2. The second kappa shape index (κ2) is 6.87. The van der Waals surface area contributed by atoms with Crippen molar-refractivity contribution in [3.8, 4) is 0 Å². The van der Waals surface area contributed by atoms with Crippen molar-refractivity contribution in [2.24, 2.45) is 0 Å². The van der Waals surface area contributed by atoms with Gasteiger partial charge in [-0.05, 0) is 49.6 Å². The van der Waals surface area contributed by atoms with Gasteiger partial charge < -0.3 is 5.32 Å². The summed E-state index contributed by atoms with van der Waals surface area (Å²) in [6.45, 7) is 4.18. The van der Waals surface area contributed by atoms with Crippen LogP contribution in [-0.2, 0) is 6.42 Å². The largest absolute Gasteiger partial charge is 0.307 e. The van der Waals surface area contributed by atoms with Crippen molar-refractivity contribution in [1.82, 2.24) is 5.32 Å². The summed E-state index contributed by atoms with van der Waals surface area (Å²) in [4.78, 5) is 0. The maximum Gasteiger partial charge on any atom is 0.123 e. The first-order chi connectivity index (χ1) is 9.56. The van der Waals surface area contributed by atoms with Crippen LogP contribution in [-0.4, -0.2) is 6.04 Å². The van der Waals surface area contributed by atoms with E-state index >= 15 is 0 Å². The predicted molar refractivity (Wildman–Crippen MR) is 82.6 cm³/mol. The Balaban J connectivity index is 1.98. The summed E-state index contributed by atoms with van der Waals surface area (Å²) in [5, 5.41) is 4.27. The lowest BCUT2D eigenvalue weighted by atomic mass is 10.0. The third-order valence-electron chi connectivity index (χ3n) is 3.34. The molecule has 0 aromatic heterocycles. The van der Waals surface area contributed by atoms with Gasteiger partial charge in [0.1, 0.15) is 5.82 Å². The zero-order chi connectivity index (χ0) is 14.5. The normalized spacial score (nSPS) is 14.0. The number of hydrogen-bond acceptors (Lipinski definition) is 1. The molecule has 0 bridgehead atoms. The van der Waals surface area contributed by atoms with Crippen LogP contribution in [0.25, 0.3) is 0 Å². The molecule has 0 fully saturated rings. The highest BCUT2D eigenvalue weighted by molar-refractivity contribution is 6.31. The van der Waals surface area contributed by atoms with Crippen LogP contribution in [0.1, 0.15) is 31.0 Å². The lowest BCUT2D eigenvalue weighted by Gasteiger charge is -2.21. The van der Waals surface area contributed by atoms with Crippen molar-refractivity contribution < 1.29 is 4.39 Å². The van der Waals surface area contributed by atoms with Gasteiger partial charge in [0.05, 0.1) is 0 Å². The molecule has 1 nitrogen and oxygen atoms in total. The Morgan fingerprint density at radius 1 is 1.10 bits per heavy atom. The zero-order valence-electron chi connectivity index (χ0n) is 11.7. The van der Waals surface area contributed by atoms with Crippen LogP contribution in [0, 0.1) is 5.82 Å². The minimum atomic E-state index is -0.186. The number of nitrogens with one attached hydrogen (secondary N) is 1. The van der Waals surface area contributed by atoms with Gasteiger partial charge in [0.15, 0.2) is 0 Å². The Morgan fingerprint density at radius 3 is 2.55 bits per heavy atom. The third kappa shape index (κ3) is 4.06. The first-order valence-corrected chi connectivity index (χ1v) is 7.19. The smallest absolute Gasteiger partial charge is 0.123 e. The standard InChI is InChI=1S/C17H19ClFN/c1-12(10-14-6-5-7-15(19)11-14)20-13(2)16-8-3-4-9-17(16)18/h3-9,11-13,20H,10H2,1-2H3. The second-order valence-electron chi connectivity index (χ2n) is 5.14. The fourth-order valence-corrected chi connectivity index (χ4v) is 2.72. The number of rotatable bonds is 5. The Hall–Kier alpha value is -1.38. The summed E-state index contributed by atoms with van der Waals surface area (Å²) < 4.78 is 13.2. The monoisotopic (exact) mass is 291 g/mol. The van der Waals surface area contributed by atoms with E-state index < -0.39 is 0 Å². The van der Waals surface area contributed by atoms with Gasteiger partial charge in [0.2, 0.25) is 0 Å². The van der Waals surface area contributed by atoms with Crippen molar-refractivity contribution in [2.75, 3.05) is 0 Å². The molecule has 2 aromatic carbocycles. The molecule has 0 aliphatic rings. The van der Waals surface area contributed by atoms with Gasteiger partial charge in [-0.1, -0.05) is 41.9 Å². The van der Waals surface area contributed by atoms with E-state index in [0.717, 1.165) is 22.6 Å². The number of benzene rings is 2. The highest BCUT2D eigenvalue weighted by Crippen LogP contribution is 2.22. The lowest BCUT2D eigenvalue weighted by molar-refractivity contribution is 0.476. The van der Waals surface area contributed by atoms with Crippen LogP contribution in [0.3, 0.4) is 0 Å². The van der Waals surface area contributed by atoms with Crippen molar-refractivity contribution in [3.63, 3.8) is 0 Å². The zero-order valence-corrected chi connectivity index (χ0v) is 12.5. The molecule has 0 aliphatic carbocycles. The van der Waals surface area contributed by atoms with E-state index in [0.29, 0.717) is 0 Å². The van der Waals surface area contributed by atoms with Gasteiger partial charge in [-0.25, -0.2) is 4.39 Å². The minimum Gasteiger partial charge on any atom is -0.307 e. The third-order valence-corrected chi connectivity index (χ3v) is 3.68. The first-order valence-electron chi connectivity index (χ1n) is 6.81. The van der Waals surface area contributed by atoms with E-state index in [4.69, 9.17) is 11.6 Å². The summed E-state index contributed by atoms with van der Waals surface area (Å²) in [6.07, 6.45) is 0.784. The van der Waals surface area contributed by atoms with Gasteiger partial charge in [0, 0.05) is 17.1 Å². The molecular weight excluding hydrogens is 273 g/mol. The van der Waals surface area contributed by atoms with Gasteiger partial charge in [-0.15, -0.1) is 0 Å². The van der Waals surface area contributed by atoms with E-state index in [1.807, 2.05) is 30.3 Å². The van der Waals surface area contributed by atoms with Gasteiger partial charge >= 0.3 is 0 Å². The molecule has 0 saturated heterocycles. The molecule has 20 heavy (non-hydrogen) atoms. The molecule has 106 valence electrons. The fraction of sp³-hybridized carbons (Fsp3) is 0.294. The molecule has 1 N–H and O–H groups in total. The molecule has 2 atom stereocenters. The molecule has 0 heterocycles. The lowest BCUT2D eigenvalue weighted by Crippen LogP contribution is -2.30. The Labute approximate surface area is 124 Å². The van der Waals surface area contributed by atoms with E-state index in [-0.39, 0.29) is 17.9 Å². The highest BCUT2D eigenvalue weighted by Gasteiger charge is 2.12. The Kier molecular flexibility index (Phi) is 5.16. The van der Waals surface area contributed by atoms with Crippen LogP contribution in [0.2, 0.25) is 5.02 Å². The summed E-state index contributed by atoms with van der Waals surface area (Å²) in [7, 11) is 0. The van der Waals surface area contributed by atoms with Crippen LogP contribution in [0.4, 0.5) is 4.39 Å². The molecule has 0 saturated carbocycles. The average molecular weight is 292 g/mol. The SMILES string of the molecule is CC(Cc1cccc(F)c1)NC(C)c1ccccc1Cl. The number of hydrogen-bond donors (Lipinski definition) is 1. The Morgan fingerprint density at radius 2 is 1.85 bits per heavy atom. The molecule has 0 aliphatic heterocycles. The van der Waals surface area contributed by atoms with Gasteiger partial charge in [0.25, 0.3) is 0 Å². The van der Waals surface area contributed by atoms with E-state index in [1.54, 1.807) is 12.1 Å². The second-order valence-corrected chi connectivity index (χ2v) is 5.55. The summed E-state index contributed by atoms with van der Waals surface area (Å²) in [6, 6.07) is 15.0. The first kappa shape index (κ1) is 15.0. The summed E-state index contributed by atoms with van der Waals surface area (Å²) >= 11 is 6.19. The van der Waals surface area contributed by atoms with Crippen molar-refractivity contribution in [3.05, 3.63) is 70.5 Å². The van der Waals surface area contributed by atoms with E-state index in [1.165, 1.54) is 6.07 Å². The van der Waals surface area contributed by atoms with E-state index in [2.05, 4.69) is 19.2 Å². The fourth-order valence-electron chi connectivity index (χ4n) is 2.42. The topological polar surface area (TPSA) is 12.0 Å². The molecule has 0 spiro atoms.